The zero-order valence-corrected chi connectivity index (χ0v) is 11.8. The fourth-order valence-corrected chi connectivity index (χ4v) is 1.92. The highest BCUT2D eigenvalue weighted by Crippen LogP contribution is 2.20. The number of aromatic nitrogens is 1. The summed E-state index contributed by atoms with van der Waals surface area (Å²) in [5, 5.41) is 0. The van der Waals surface area contributed by atoms with Crippen molar-refractivity contribution in [1.82, 2.24) is 4.98 Å². The fraction of sp³-hybridized carbons (Fsp3) is 0.200. The summed E-state index contributed by atoms with van der Waals surface area (Å²) in [6.45, 7) is 3.85. The molecule has 104 valence electrons. The molecule has 0 aliphatic carbocycles. The van der Waals surface area contributed by atoms with Gasteiger partial charge < -0.3 is 10.3 Å². The molecule has 0 radical (unpaired) electrons. The van der Waals surface area contributed by atoms with E-state index in [0.717, 1.165) is 16.9 Å². The Morgan fingerprint density at radius 1 is 1.25 bits per heavy atom. The van der Waals surface area contributed by atoms with E-state index in [0.29, 0.717) is 11.3 Å². The van der Waals surface area contributed by atoms with Crippen molar-refractivity contribution in [3.05, 3.63) is 53.3 Å². The van der Waals surface area contributed by atoms with E-state index in [9.17, 15) is 4.79 Å². The van der Waals surface area contributed by atoms with Gasteiger partial charge in [-0.3, -0.25) is 15.6 Å². The van der Waals surface area contributed by atoms with Crippen LogP contribution in [0, 0.1) is 13.8 Å². The summed E-state index contributed by atoms with van der Waals surface area (Å²) in [5.74, 6) is 5.31. The number of aryl methyl sites for hydroxylation is 2. The highest BCUT2D eigenvalue weighted by Gasteiger charge is 2.17. The molecule has 1 amide bonds. The number of nitrogens with zero attached hydrogens (tertiary/aromatic N) is 2. The molecule has 0 saturated heterocycles. The van der Waals surface area contributed by atoms with Crippen molar-refractivity contribution in [2.45, 2.75) is 13.8 Å². The third-order valence-corrected chi connectivity index (χ3v) is 3.15. The number of anilines is 2. The van der Waals surface area contributed by atoms with Gasteiger partial charge >= 0.3 is 0 Å². The second kappa shape index (κ2) is 5.71. The number of hydrogen-bond donors (Lipinski definition) is 2. The van der Waals surface area contributed by atoms with Crippen LogP contribution < -0.4 is 16.2 Å². The van der Waals surface area contributed by atoms with Crippen LogP contribution in [0.3, 0.4) is 0 Å². The van der Waals surface area contributed by atoms with Crippen molar-refractivity contribution in [3.63, 3.8) is 0 Å². The smallest absolute Gasteiger partial charge is 0.261 e. The van der Waals surface area contributed by atoms with E-state index in [-0.39, 0.29) is 5.91 Å². The van der Waals surface area contributed by atoms with Crippen LogP contribution in [-0.2, 0) is 0 Å². The van der Waals surface area contributed by atoms with Crippen LogP contribution in [0.15, 0.2) is 36.5 Å². The number of nitrogens with two attached hydrogens (primary N) is 1. The standard InChI is InChI=1S/C15H18N4O/c1-10-4-6-12(7-5-10)19(3)15(20)13-9-17-11(2)8-14(13)18-16/h4-9H,16H2,1-3H3,(H,17,18). The Balaban J connectivity index is 2.33. The molecule has 2 rings (SSSR count). The van der Waals surface area contributed by atoms with E-state index >= 15 is 0 Å². The second-order valence-corrected chi connectivity index (χ2v) is 4.72. The van der Waals surface area contributed by atoms with Gasteiger partial charge in [0.25, 0.3) is 5.91 Å². The number of hydrazine groups is 1. The van der Waals surface area contributed by atoms with E-state index in [2.05, 4.69) is 10.4 Å². The average Bonchev–Trinajstić information content (AvgIpc) is 2.46. The molecule has 20 heavy (non-hydrogen) atoms. The summed E-state index contributed by atoms with van der Waals surface area (Å²) in [4.78, 5) is 18.2. The number of carbonyl (C=O) groups is 1. The summed E-state index contributed by atoms with van der Waals surface area (Å²) in [6.07, 6.45) is 1.54. The van der Waals surface area contributed by atoms with Gasteiger partial charge in [0.05, 0.1) is 11.3 Å². The van der Waals surface area contributed by atoms with Gasteiger partial charge in [0.1, 0.15) is 0 Å². The number of benzene rings is 1. The average molecular weight is 270 g/mol. The van der Waals surface area contributed by atoms with Gasteiger partial charge in [-0.25, -0.2) is 0 Å². The Morgan fingerprint density at radius 3 is 2.50 bits per heavy atom. The van der Waals surface area contributed by atoms with Crippen LogP contribution in [0.1, 0.15) is 21.6 Å². The Bertz CT molecular complexity index is 622. The molecule has 1 heterocycles. The third kappa shape index (κ3) is 2.78. The van der Waals surface area contributed by atoms with E-state index < -0.39 is 0 Å². The van der Waals surface area contributed by atoms with Crippen LogP contribution >= 0.6 is 0 Å². The lowest BCUT2D eigenvalue weighted by atomic mass is 10.1. The number of nitrogens with one attached hydrogen (secondary N) is 1. The molecular formula is C15H18N4O. The number of amides is 1. The number of pyridine rings is 1. The highest BCUT2D eigenvalue weighted by molar-refractivity contribution is 6.09. The van der Waals surface area contributed by atoms with Gasteiger partial charge in [-0.15, -0.1) is 0 Å². The van der Waals surface area contributed by atoms with Crippen molar-refractivity contribution in [2.24, 2.45) is 5.84 Å². The minimum Gasteiger partial charge on any atom is -0.323 e. The quantitative estimate of drug-likeness (QED) is 0.663. The van der Waals surface area contributed by atoms with Crippen molar-refractivity contribution < 1.29 is 4.79 Å². The fourth-order valence-electron chi connectivity index (χ4n) is 1.92. The number of nitrogen functional groups attached to an aromatic ring is 1. The van der Waals surface area contributed by atoms with Crippen LogP contribution in [0.2, 0.25) is 0 Å². The maximum atomic E-state index is 12.5. The topological polar surface area (TPSA) is 71.2 Å². The first-order valence-electron chi connectivity index (χ1n) is 6.31. The lowest BCUT2D eigenvalue weighted by molar-refractivity contribution is 0.0993. The lowest BCUT2D eigenvalue weighted by Crippen LogP contribution is -2.28. The monoisotopic (exact) mass is 270 g/mol. The summed E-state index contributed by atoms with van der Waals surface area (Å²) in [5.41, 5.74) is 6.33. The Hall–Kier alpha value is -2.40. The summed E-state index contributed by atoms with van der Waals surface area (Å²) < 4.78 is 0. The lowest BCUT2D eigenvalue weighted by Gasteiger charge is -2.19. The van der Waals surface area contributed by atoms with Crippen molar-refractivity contribution >= 4 is 17.3 Å². The second-order valence-electron chi connectivity index (χ2n) is 4.72. The van der Waals surface area contributed by atoms with Gasteiger partial charge in [-0.1, -0.05) is 17.7 Å². The molecule has 1 aromatic carbocycles. The van der Waals surface area contributed by atoms with Crippen molar-refractivity contribution in [2.75, 3.05) is 17.4 Å². The van der Waals surface area contributed by atoms with Gasteiger partial charge in [-0.2, -0.15) is 0 Å². The molecule has 2 aromatic rings. The van der Waals surface area contributed by atoms with E-state index in [4.69, 9.17) is 5.84 Å². The molecular weight excluding hydrogens is 252 g/mol. The molecule has 0 aliphatic heterocycles. The number of carbonyl (C=O) groups excluding carboxylic acids is 1. The van der Waals surface area contributed by atoms with E-state index in [1.165, 1.54) is 6.20 Å². The SMILES string of the molecule is Cc1ccc(N(C)C(=O)c2cnc(C)cc2NN)cc1. The summed E-state index contributed by atoms with van der Waals surface area (Å²) in [7, 11) is 1.73. The molecule has 0 bridgehead atoms. The molecule has 0 unspecified atom stereocenters. The molecule has 0 aliphatic rings. The molecule has 3 N–H and O–H groups in total. The maximum Gasteiger partial charge on any atom is 0.261 e. The van der Waals surface area contributed by atoms with Crippen molar-refractivity contribution in [3.8, 4) is 0 Å². The minimum absolute atomic E-state index is 0.158. The minimum atomic E-state index is -0.158. The van der Waals surface area contributed by atoms with Gasteiger partial charge in [0.15, 0.2) is 0 Å². The zero-order valence-electron chi connectivity index (χ0n) is 11.8. The Kier molecular flexibility index (Phi) is 4.00. The molecule has 0 spiro atoms. The predicted molar refractivity (Wildman–Crippen MR) is 80.7 cm³/mol. The van der Waals surface area contributed by atoms with E-state index in [1.807, 2.05) is 38.1 Å². The Morgan fingerprint density at radius 2 is 1.90 bits per heavy atom. The van der Waals surface area contributed by atoms with Crippen LogP contribution in [0.5, 0.6) is 0 Å². The molecule has 5 heteroatoms. The first-order valence-corrected chi connectivity index (χ1v) is 6.31. The summed E-state index contributed by atoms with van der Waals surface area (Å²) >= 11 is 0. The normalized spacial score (nSPS) is 10.2. The van der Waals surface area contributed by atoms with E-state index in [1.54, 1.807) is 18.0 Å². The highest BCUT2D eigenvalue weighted by atomic mass is 16.2. The summed E-state index contributed by atoms with van der Waals surface area (Å²) in [6, 6.07) is 9.49. The van der Waals surface area contributed by atoms with Gasteiger partial charge in [0.2, 0.25) is 0 Å². The molecule has 0 atom stereocenters. The molecule has 1 aromatic heterocycles. The number of rotatable bonds is 3. The first kappa shape index (κ1) is 14.0. The van der Waals surface area contributed by atoms with Gasteiger partial charge in [-0.05, 0) is 32.0 Å². The van der Waals surface area contributed by atoms with Crippen LogP contribution in [0.4, 0.5) is 11.4 Å². The number of hydrogen-bond acceptors (Lipinski definition) is 4. The predicted octanol–water partition coefficient (Wildman–Crippen LogP) is 2.26. The molecule has 0 fully saturated rings. The largest absolute Gasteiger partial charge is 0.323 e. The van der Waals surface area contributed by atoms with Crippen LogP contribution in [-0.4, -0.2) is 17.9 Å². The van der Waals surface area contributed by atoms with Gasteiger partial charge in [0, 0.05) is 24.6 Å². The Labute approximate surface area is 118 Å². The maximum absolute atomic E-state index is 12.5. The molecule has 0 saturated carbocycles. The third-order valence-electron chi connectivity index (χ3n) is 3.15. The van der Waals surface area contributed by atoms with Crippen molar-refractivity contribution in [1.29, 1.82) is 0 Å². The first-order chi connectivity index (χ1) is 9.52. The molecule has 5 nitrogen and oxygen atoms in total. The van der Waals surface area contributed by atoms with Crippen LogP contribution in [0.25, 0.3) is 0 Å². The zero-order chi connectivity index (χ0) is 14.7.